The van der Waals surface area contributed by atoms with Gasteiger partial charge in [0.05, 0.1) is 5.52 Å². The van der Waals surface area contributed by atoms with Crippen molar-refractivity contribution in [3.63, 3.8) is 0 Å². The van der Waals surface area contributed by atoms with Crippen LogP contribution in [-0.2, 0) is 5.54 Å². The fourth-order valence-electron chi connectivity index (χ4n) is 2.84. The van der Waals surface area contributed by atoms with Gasteiger partial charge in [0.1, 0.15) is 0 Å². The van der Waals surface area contributed by atoms with Gasteiger partial charge in [-0.25, -0.2) is 4.79 Å². The van der Waals surface area contributed by atoms with E-state index in [0.29, 0.717) is 5.58 Å². The average Bonchev–Trinajstić information content (AvgIpc) is 2.69. The number of oxazole rings is 1. The zero-order valence-corrected chi connectivity index (χ0v) is 9.66. The molecule has 1 saturated carbocycles. The number of benzene rings is 1. The third-order valence-corrected chi connectivity index (χ3v) is 3.74. The summed E-state index contributed by atoms with van der Waals surface area (Å²) in [5.41, 5.74) is 8.56. The van der Waals surface area contributed by atoms with Crippen LogP contribution in [0.15, 0.2) is 27.4 Å². The molecule has 1 aromatic heterocycles. The summed E-state index contributed by atoms with van der Waals surface area (Å²) < 4.78 is 5.08. The normalized spacial score (nSPS) is 19.6. The van der Waals surface area contributed by atoms with Gasteiger partial charge in [-0.1, -0.05) is 31.4 Å². The van der Waals surface area contributed by atoms with Crippen molar-refractivity contribution < 1.29 is 4.42 Å². The summed E-state index contributed by atoms with van der Waals surface area (Å²) in [6, 6.07) is 5.69. The van der Waals surface area contributed by atoms with Gasteiger partial charge < -0.3 is 10.2 Å². The van der Waals surface area contributed by atoms with Gasteiger partial charge in [0.2, 0.25) is 0 Å². The molecule has 17 heavy (non-hydrogen) atoms. The molecule has 4 heteroatoms. The molecule has 0 spiro atoms. The van der Waals surface area contributed by atoms with Crippen molar-refractivity contribution >= 4 is 11.1 Å². The van der Waals surface area contributed by atoms with Gasteiger partial charge in [-0.3, -0.25) is 4.98 Å². The molecule has 1 fully saturated rings. The van der Waals surface area contributed by atoms with E-state index >= 15 is 0 Å². The number of nitrogens with one attached hydrogen (secondary N) is 1. The van der Waals surface area contributed by atoms with Crippen molar-refractivity contribution in [2.24, 2.45) is 5.73 Å². The minimum atomic E-state index is -0.410. The molecule has 0 aliphatic heterocycles. The summed E-state index contributed by atoms with van der Waals surface area (Å²) in [6.45, 7) is 0. The van der Waals surface area contributed by atoms with E-state index in [1.165, 1.54) is 6.42 Å². The molecular formula is C13H16N2O2. The predicted octanol–water partition coefficient (Wildman–Crippen LogP) is 2.24. The Morgan fingerprint density at radius 1 is 1.24 bits per heavy atom. The third kappa shape index (κ3) is 1.69. The fraction of sp³-hybridized carbons (Fsp3) is 0.462. The number of H-pyrrole nitrogens is 1. The number of nitrogens with two attached hydrogens (primary N) is 1. The number of hydrogen-bond acceptors (Lipinski definition) is 3. The first-order valence-electron chi connectivity index (χ1n) is 6.10. The third-order valence-electron chi connectivity index (χ3n) is 3.74. The highest BCUT2D eigenvalue weighted by Gasteiger charge is 2.31. The second-order valence-electron chi connectivity index (χ2n) is 4.91. The zero-order valence-electron chi connectivity index (χ0n) is 9.66. The molecule has 0 unspecified atom stereocenters. The van der Waals surface area contributed by atoms with Crippen LogP contribution in [0.3, 0.4) is 0 Å². The van der Waals surface area contributed by atoms with Crippen molar-refractivity contribution in [2.45, 2.75) is 37.6 Å². The number of rotatable bonds is 1. The van der Waals surface area contributed by atoms with E-state index in [4.69, 9.17) is 10.2 Å². The Labute approximate surface area is 98.8 Å². The number of fused-ring (bicyclic) bond motifs is 1. The maximum atomic E-state index is 11.3. The van der Waals surface area contributed by atoms with E-state index in [-0.39, 0.29) is 5.54 Å². The molecule has 3 N–H and O–H groups in total. The van der Waals surface area contributed by atoms with E-state index < -0.39 is 5.76 Å². The molecule has 1 aromatic carbocycles. The van der Waals surface area contributed by atoms with Crippen LogP contribution in [0.25, 0.3) is 11.1 Å². The summed E-state index contributed by atoms with van der Waals surface area (Å²) in [5.74, 6) is -0.410. The topological polar surface area (TPSA) is 72.0 Å². The minimum Gasteiger partial charge on any atom is -0.408 e. The highest BCUT2D eigenvalue weighted by atomic mass is 16.4. The fourth-order valence-corrected chi connectivity index (χ4v) is 2.84. The van der Waals surface area contributed by atoms with Gasteiger partial charge in [0.15, 0.2) is 5.58 Å². The van der Waals surface area contributed by atoms with Crippen molar-refractivity contribution in [2.75, 3.05) is 0 Å². The molecule has 0 radical (unpaired) electrons. The second kappa shape index (κ2) is 3.74. The van der Waals surface area contributed by atoms with Crippen LogP contribution in [0.4, 0.5) is 0 Å². The van der Waals surface area contributed by atoms with Crippen LogP contribution in [-0.4, -0.2) is 4.98 Å². The van der Waals surface area contributed by atoms with E-state index in [9.17, 15) is 4.79 Å². The van der Waals surface area contributed by atoms with Crippen LogP contribution >= 0.6 is 0 Å². The molecule has 1 heterocycles. The zero-order chi connectivity index (χ0) is 11.9. The van der Waals surface area contributed by atoms with E-state index in [1.807, 2.05) is 12.1 Å². The lowest BCUT2D eigenvalue weighted by Gasteiger charge is -2.34. The summed E-state index contributed by atoms with van der Waals surface area (Å²) in [5, 5.41) is 0. The quantitative estimate of drug-likeness (QED) is 0.792. The van der Waals surface area contributed by atoms with Crippen molar-refractivity contribution in [3.8, 4) is 0 Å². The lowest BCUT2D eigenvalue weighted by molar-refractivity contribution is 0.304. The summed E-state index contributed by atoms with van der Waals surface area (Å²) >= 11 is 0. The SMILES string of the molecule is NC1(c2cccc3oc(=O)[nH]c23)CCCCC1. The first kappa shape index (κ1) is 10.6. The van der Waals surface area contributed by atoms with Crippen LogP contribution in [0.1, 0.15) is 37.7 Å². The molecule has 3 rings (SSSR count). The van der Waals surface area contributed by atoms with Gasteiger partial charge >= 0.3 is 5.76 Å². The Morgan fingerprint density at radius 2 is 2.00 bits per heavy atom. The van der Waals surface area contributed by atoms with Gasteiger partial charge in [0, 0.05) is 5.54 Å². The largest absolute Gasteiger partial charge is 0.417 e. The van der Waals surface area contributed by atoms with Gasteiger partial charge in [-0.2, -0.15) is 0 Å². The molecule has 4 nitrogen and oxygen atoms in total. The number of hydrogen-bond donors (Lipinski definition) is 2. The first-order chi connectivity index (χ1) is 8.19. The Bertz CT molecular complexity index is 591. The Balaban J connectivity index is 2.18. The molecule has 2 aromatic rings. The Kier molecular flexibility index (Phi) is 2.33. The van der Waals surface area contributed by atoms with Gasteiger partial charge in [-0.05, 0) is 24.5 Å². The summed E-state index contributed by atoms with van der Waals surface area (Å²) in [7, 11) is 0. The van der Waals surface area contributed by atoms with Crippen LogP contribution in [0.2, 0.25) is 0 Å². The highest BCUT2D eigenvalue weighted by molar-refractivity contribution is 5.77. The molecule has 0 saturated heterocycles. The van der Waals surface area contributed by atoms with Gasteiger partial charge in [-0.15, -0.1) is 0 Å². The maximum Gasteiger partial charge on any atom is 0.417 e. The van der Waals surface area contributed by atoms with E-state index in [1.54, 1.807) is 6.07 Å². The standard InChI is InChI=1S/C13H16N2O2/c14-13(7-2-1-3-8-13)9-5-4-6-10-11(9)15-12(16)17-10/h4-6H,1-3,7-8,14H2,(H,15,16). The molecule has 1 aliphatic carbocycles. The van der Waals surface area contributed by atoms with Crippen molar-refractivity contribution in [1.82, 2.24) is 4.98 Å². The van der Waals surface area contributed by atoms with Crippen LogP contribution in [0, 0.1) is 0 Å². The second-order valence-corrected chi connectivity index (χ2v) is 4.91. The molecule has 90 valence electrons. The molecule has 0 amide bonds. The highest BCUT2D eigenvalue weighted by Crippen LogP contribution is 2.37. The summed E-state index contributed by atoms with van der Waals surface area (Å²) in [4.78, 5) is 14.0. The first-order valence-corrected chi connectivity index (χ1v) is 6.10. The van der Waals surface area contributed by atoms with E-state index in [0.717, 1.165) is 36.8 Å². The van der Waals surface area contributed by atoms with Crippen molar-refractivity contribution in [3.05, 3.63) is 34.3 Å². The van der Waals surface area contributed by atoms with Crippen LogP contribution < -0.4 is 11.5 Å². The maximum absolute atomic E-state index is 11.3. The van der Waals surface area contributed by atoms with E-state index in [2.05, 4.69) is 4.98 Å². The Morgan fingerprint density at radius 3 is 2.76 bits per heavy atom. The molecule has 0 bridgehead atoms. The molecular weight excluding hydrogens is 216 g/mol. The van der Waals surface area contributed by atoms with Gasteiger partial charge in [0.25, 0.3) is 0 Å². The van der Waals surface area contributed by atoms with Crippen molar-refractivity contribution in [1.29, 1.82) is 0 Å². The monoisotopic (exact) mass is 232 g/mol. The van der Waals surface area contributed by atoms with Crippen LogP contribution in [0.5, 0.6) is 0 Å². The Hall–Kier alpha value is -1.55. The number of aromatic amines is 1. The summed E-state index contributed by atoms with van der Waals surface area (Å²) in [6.07, 6.45) is 5.49. The predicted molar refractivity (Wildman–Crippen MR) is 65.8 cm³/mol. The smallest absolute Gasteiger partial charge is 0.408 e. The lowest BCUT2D eigenvalue weighted by Crippen LogP contribution is -2.38. The number of aromatic nitrogens is 1. The number of para-hydroxylation sites is 1. The minimum absolute atomic E-state index is 0.315. The molecule has 1 aliphatic rings. The molecule has 0 atom stereocenters. The lowest BCUT2D eigenvalue weighted by atomic mass is 9.77. The average molecular weight is 232 g/mol.